The Labute approximate surface area is 142 Å². The number of fused-ring (bicyclic) bond motifs is 1. The van der Waals surface area contributed by atoms with Gasteiger partial charge in [-0.05, 0) is 35.1 Å². The number of carbonyl (C=O) groups is 2. The van der Waals surface area contributed by atoms with Crippen LogP contribution in [0.5, 0.6) is 0 Å². The first-order valence-corrected chi connectivity index (χ1v) is 8.51. The van der Waals surface area contributed by atoms with Crippen LogP contribution in [0.2, 0.25) is 0 Å². The third-order valence-electron chi connectivity index (χ3n) is 4.48. The number of hydrogen-bond donors (Lipinski definition) is 2. The number of aryl methyl sites for hydroxylation is 1. The summed E-state index contributed by atoms with van der Waals surface area (Å²) < 4.78 is 0. The molecule has 0 fully saturated rings. The second-order valence-electron chi connectivity index (χ2n) is 6.30. The molecule has 0 aliphatic rings. The molecular formula is C20H25NO3. The number of carboxylic acids is 1. The normalized spacial score (nSPS) is 13.4. The van der Waals surface area contributed by atoms with Gasteiger partial charge in [-0.1, -0.05) is 62.7 Å². The molecule has 24 heavy (non-hydrogen) atoms. The molecule has 0 saturated heterocycles. The molecule has 2 rings (SSSR count). The minimum absolute atomic E-state index is 0.0769. The maximum Gasteiger partial charge on any atom is 0.326 e. The number of aliphatic carboxylic acids is 1. The maximum atomic E-state index is 12.0. The van der Waals surface area contributed by atoms with Crippen molar-refractivity contribution in [1.82, 2.24) is 5.32 Å². The molecule has 128 valence electrons. The van der Waals surface area contributed by atoms with Crippen LogP contribution in [0, 0.1) is 5.92 Å². The largest absolute Gasteiger partial charge is 0.480 e. The van der Waals surface area contributed by atoms with E-state index in [0.29, 0.717) is 19.3 Å². The van der Waals surface area contributed by atoms with E-state index in [2.05, 4.69) is 35.6 Å². The SMILES string of the molecule is CC[C@H](C)[C@H](NC(=O)CCCc1ccc2ccccc2c1)C(=O)O. The molecule has 0 unspecified atom stereocenters. The lowest BCUT2D eigenvalue weighted by Crippen LogP contribution is -2.44. The molecule has 0 heterocycles. The number of carboxylic acid groups (broad SMARTS) is 1. The van der Waals surface area contributed by atoms with Gasteiger partial charge >= 0.3 is 5.97 Å². The fourth-order valence-corrected chi connectivity index (χ4v) is 2.78. The summed E-state index contributed by atoms with van der Waals surface area (Å²) in [7, 11) is 0. The van der Waals surface area contributed by atoms with Crippen LogP contribution in [0.25, 0.3) is 10.8 Å². The van der Waals surface area contributed by atoms with E-state index in [9.17, 15) is 14.7 Å². The van der Waals surface area contributed by atoms with Crippen molar-refractivity contribution in [3.63, 3.8) is 0 Å². The molecular weight excluding hydrogens is 302 g/mol. The van der Waals surface area contributed by atoms with Gasteiger partial charge in [0.25, 0.3) is 0 Å². The lowest BCUT2D eigenvalue weighted by Gasteiger charge is -2.20. The first kappa shape index (κ1) is 18.0. The van der Waals surface area contributed by atoms with Crippen molar-refractivity contribution < 1.29 is 14.7 Å². The van der Waals surface area contributed by atoms with Gasteiger partial charge in [-0.15, -0.1) is 0 Å². The molecule has 0 aliphatic carbocycles. The lowest BCUT2D eigenvalue weighted by atomic mass is 9.99. The van der Waals surface area contributed by atoms with Crippen LogP contribution in [0.4, 0.5) is 0 Å². The van der Waals surface area contributed by atoms with Crippen molar-refractivity contribution in [1.29, 1.82) is 0 Å². The molecule has 0 bridgehead atoms. The molecule has 2 N–H and O–H groups in total. The summed E-state index contributed by atoms with van der Waals surface area (Å²) in [6.45, 7) is 3.76. The standard InChI is InChI=1S/C20H25NO3/c1-3-14(2)19(20(23)24)21-18(22)10-6-7-15-11-12-16-8-4-5-9-17(16)13-15/h4-5,8-9,11-14,19H,3,6-7,10H2,1-2H3,(H,21,22)(H,23,24)/t14-,19-/m0/s1. The number of nitrogens with one attached hydrogen (secondary N) is 1. The second-order valence-corrected chi connectivity index (χ2v) is 6.30. The van der Waals surface area contributed by atoms with Crippen molar-refractivity contribution >= 4 is 22.6 Å². The van der Waals surface area contributed by atoms with Crippen LogP contribution in [0.1, 0.15) is 38.7 Å². The minimum atomic E-state index is -0.966. The van der Waals surface area contributed by atoms with Crippen molar-refractivity contribution in [3.8, 4) is 0 Å². The molecule has 0 radical (unpaired) electrons. The number of benzene rings is 2. The predicted octanol–water partition coefficient (Wildman–Crippen LogP) is 3.78. The Kier molecular flexibility index (Phi) is 6.36. The van der Waals surface area contributed by atoms with E-state index < -0.39 is 12.0 Å². The highest BCUT2D eigenvalue weighted by Gasteiger charge is 2.24. The maximum absolute atomic E-state index is 12.0. The highest BCUT2D eigenvalue weighted by Crippen LogP contribution is 2.17. The monoisotopic (exact) mass is 327 g/mol. The first-order chi connectivity index (χ1) is 11.5. The van der Waals surface area contributed by atoms with Gasteiger partial charge in [0.1, 0.15) is 6.04 Å². The third kappa shape index (κ3) is 4.82. The van der Waals surface area contributed by atoms with Gasteiger partial charge < -0.3 is 10.4 Å². The summed E-state index contributed by atoms with van der Waals surface area (Å²) in [5, 5.41) is 14.3. The van der Waals surface area contributed by atoms with Gasteiger partial charge in [0.2, 0.25) is 5.91 Å². The fraction of sp³-hybridized carbons (Fsp3) is 0.400. The number of rotatable bonds is 8. The fourth-order valence-electron chi connectivity index (χ4n) is 2.78. The van der Waals surface area contributed by atoms with Crippen molar-refractivity contribution in [2.45, 2.75) is 45.6 Å². The molecule has 0 saturated carbocycles. The lowest BCUT2D eigenvalue weighted by molar-refractivity contribution is -0.143. The second kappa shape index (κ2) is 8.48. The van der Waals surface area contributed by atoms with E-state index in [1.165, 1.54) is 16.3 Å². The van der Waals surface area contributed by atoms with Crippen LogP contribution >= 0.6 is 0 Å². The smallest absolute Gasteiger partial charge is 0.326 e. The molecule has 2 aromatic carbocycles. The highest BCUT2D eigenvalue weighted by atomic mass is 16.4. The molecule has 2 atom stereocenters. The van der Waals surface area contributed by atoms with E-state index in [0.717, 1.165) is 6.42 Å². The van der Waals surface area contributed by atoms with Gasteiger partial charge in [0.15, 0.2) is 0 Å². The molecule has 0 aromatic heterocycles. The van der Waals surface area contributed by atoms with Crippen molar-refractivity contribution in [2.75, 3.05) is 0 Å². The summed E-state index contributed by atoms with van der Waals surface area (Å²) in [4.78, 5) is 23.2. The van der Waals surface area contributed by atoms with Crippen LogP contribution in [0.3, 0.4) is 0 Å². The average molecular weight is 327 g/mol. The summed E-state index contributed by atoms with van der Waals surface area (Å²) >= 11 is 0. The average Bonchev–Trinajstić information content (AvgIpc) is 2.58. The zero-order chi connectivity index (χ0) is 17.5. The Bertz CT molecular complexity index is 711. The quantitative estimate of drug-likeness (QED) is 0.775. The highest BCUT2D eigenvalue weighted by molar-refractivity contribution is 5.84. The number of amides is 1. The van der Waals surface area contributed by atoms with Crippen molar-refractivity contribution in [3.05, 3.63) is 48.0 Å². The summed E-state index contributed by atoms with van der Waals surface area (Å²) in [5.41, 5.74) is 1.19. The topological polar surface area (TPSA) is 66.4 Å². The number of carbonyl (C=O) groups excluding carboxylic acids is 1. The van der Waals surface area contributed by atoms with Crippen molar-refractivity contribution in [2.24, 2.45) is 5.92 Å². The van der Waals surface area contributed by atoms with E-state index in [1.54, 1.807) is 0 Å². The summed E-state index contributed by atoms with van der Waals surface area (Å²) in [6.07, 6.45) is 2.57. The molecule has 4 nitrogen and oxygen atoms in total. The Morgan fingerprint density at radius 3 is 2.50 bits per heavy atom. The Balaban J connectivity index is 1.86. The Morgan fingerprint density at radius 1 is 1.12 bits per heavy atom. The minimum Gasteiger partial charge on any atom is -0.480 e. The van der Waals surface area contributed by atoms with Gasteiger partial charge in [-0.25, -0.2) is 4.79 Å². The molecule has 2 aromatic rings. The Morgan fingerprint density at radius 2 is 1.83 bits per heavy atom. The van der Waals surface area contributed by atoms with Gasteiger partial charge in [0, 0.05) is 6.42 Å². The Hall–Kier alpha value is -2.36. The van der Waals surface area contributed by atoms with E-state index in [-0.39, 0.29) is 11.8 Å². The van der Waals surface area contributed by atoms with E-state index in [1.807, 2.05) is 26.0 Å². The first-order valence-electron chi connectivity index (χ1n) is 8.51. The van der Waals surface area contributed by atoms with E-state index in [4.69, 9.17) is 0 Å². The molecule has 1 amide bonds. The van der Waals surface area contributed by atoms with Crippen LogP contribution in [-0.2, 0) is 16.0 Å². The van der Waals surface area contributed by atoms with Crippen LogP contribution in [0.15, 0.2) is 42.5 Å². The van der Waals surface area contributed by atoms with Gasteiger partial charge in [0.05, 0.1) is 0 Å². The summed E-state index contributed by atoms with van der Waals surface area (Å²) in [5.74, 6) is -1.23. The third-order valence-corrected chi connectivity index (χ3v) is 4.48. The molecule has 0 aliphatic heterocycles. The number of hydrogen-bond acceptors (Lipinski definition) is 2. The van der Waals surface area contributed by atoms with Crippen LogP contribution in [-0.4, -0.2) is 23.0 Å². The summed E-state index contributed by atoms with van der Waals surface area (Å²) in [6, 6.07) is 13.7. The molecule has 0 spiro atoms. The zero-order valence-corrected chi connectivity index (χ0v) is 14.3. The zero-order valence-electron chi connectivity index (χ0n) is 14.3. The van der Waals surface area contributed by atoms with Gasteiger partial charge in [-0.2, -0.15) is 0 Å². The predicted molar refractivity (Wildman–Crippen MR) is 95.9 cm³/mol. The van der Waals surface area contributed by atoms with Crippen LogP contribution < -0.4 is 5.32 Å². The van der Waals surface area contributed by atoms with Gasteiger partial charge in [-0.3, -0.25) is 4.79 Å². The van der Waals surface area contributed by atoms with E-state index >= 15 is 0 Å². The molecule has 4 heteroatoms.